The van der Waals surface area contributed by atoms with Crippen molar-refractivity contribution in [2.45, 2.75) is 6.54 Å². The highest BCUT2D eigenvalue weighted by Gasteiger charge is 2.16. The first-order chi connectivity index (χ1) is 12.0. The van der Waals surface area contributed by atoms with Crippen LogP contribution in [0.15, 0.2) is 49.1 Å². The number of nitrogens with zero attached hydrogens (tertiary/aromatic N) is 2. The molecule has 2 aromatic carbocycles. The van der Waals surface area contributed by atoms with E-state index >= 15 is 0 Å². The molecule has 1 aromatic heterocycles. The van der Waals surface area contributed by atoms with E-state index in [0.717, 1.165) is 12.1 Å². The molecular formula is C17H13F3N4O. The average molecular weight is 346 g/mol. The average Bonchev–Trinajstić information content (AvgIpc) is 3.12. The molecule has 0 radical (unpaired) electrons. The van der Waals surface area contributed by atoms with E-state index in [-0.39, 0.29) is 12.1 Å². The van der Waals surface area contributed by atoms with Crippen molar-refractivity contribution in [3.8, 4) is 5.69 Å². The van der Waals surface area contributed by atoms with Gasteiger partial charge in [-0.15, -0.1) is 0 Å². The summed E-state index contributed by atoms with van der Waals surface area (Å²) in [4.78, 5) is 15.8. The molecular weight excluding hydrogens is 333 g/mol. The quantitative estimate of drug-likeness (QED) is 0.714. The van der Waals surface area contributed by atoms with E-state index in [4.69, 9.17) is 5.73 Å². The highest BCUT2D eigenvalue weighted by molar-refractivity contribution is 5.95. The standard InChI is InChI=1S/C17H13F3N4O/c18-12-3-2-11(15(20)16(12)21)17(25)23-8-10-1-4-14(13(19)7-10)24-6-5-22-9-24/h1-7,9H,8,21H2,(H,23,25). The number of imidazole rings is 1. The molecule has 0 fully saturated rings. The third kappa shape index (κ3) is 3.32. The Morgan fingerprint density at radius 1 is 1.16 bits per heavy atom. The number of nitrogens with one attached hydrogen (secondary N) is 1. The number of benzene rings is 2. The lowest BCUT2D eigenvalue weighted by atomic mass is 10.1. The van der Waals surface area contributed by atoms with Crippen LogP contribution in [0.3, 0.4) is 0 Å². The number of hydrogen-bond acceptors (Lipinski definition) is 3. The van der Waals surface area contributed by atoms with Gasteiger partial charge in [0.25, 0.3) is 5.91 Å². The molecule has 0 aliphatic rings. The van der Waals surface area contributed by atoms with Crippen molar-refractivity contribution < 1.29 is 18.0 Å². The number of aromatic nitrogens is 2. The number of nitrogen functional groups attached to an aromatic ring is 1. The van der Waals surface area contributed by atoms with Gasteiger partial charge >= 0.3 is 0 Å². The van der Waals surface area contributed by atoms with Crippen molar-refractivity contribution in [1.82, 2.24) is 14.9 Å². The van der Waals surface area contributed by atoms with Gasteiger partial charge in [0, 0.05) is 18.9 Å². The SMILES string of the molecule is Nc1c(F)ccc(C(=O)NCc2ccc(-n3ccnc3)c(F)c2)c1F. The van der Waals surface area contributed by atoms with Gasteiger partial charge in [-0.3, -0.25) is 4.79 Å². The number of anilines is 1. The number of carbonyl (C=O) groups excluding carboxylic acids is 1. The van der Waals surface area contributed by atoms with Gasteiger partial charge in [0.05, 0.1) is 17.6 Å². The number of carbonyl (C=O) groups is 1. The predicted molar refractivity (Wildman–Crippen MR) is 85.5 cm³/mol. The van der Waals surface area contributed by atoms with Crippen molar-refractivity contribution in [1.29, 1.82) is 0 Å². The third-order valence-electron chi connectivity index (χ3n) is 3.62. The zero-order valence-corrected chi connectivity index (χ0v) is 12.8. The summed E-state index contributed by atoms with van der Waals surface area (Å²) in [6, 6.07) is 6.32. The van der Waals surface area contributed by atoms with Crippen LogP contribution in [0.2, 0.25) is 0 Å². The summed E-state index contributed by atoms with van der Waals surface area (Å²) < 4.78 is 42.6. The van der Waals surface area contributed by atoms with E-state index in [0.29, 0.717) is 11.3 Å². The minimum absolute atomic E-state index is 0.0311. The largest absolute Gasteiger partial charge is 0.394 e. The number of hydrogen-bond donors (Lipinski definition) is 2. The molecule has 5 nitrogen and oxygen atoms in total. The summed E-state index contributed by atoms with van der Waals surface area (Å²) in [7, 11) is 0. The first kappa shape index (κ1) is 16.6. The maximum Gasteiger partial charge on any atom is 0.254 e. The molecule has 128 valence electrons. The minimum atomic E-state index is -1.13. The van der Waals surface area contributed by atoms with Gasteiger partial charge in [-0.1, -0.05) is 6.07 Å². The summed E-state index contributed by atoms with van der Waals surface area (Å²) in [5.41, 5.74) is 4.91. The Kier molecular flexibility index (Phi) is 4.42. The fraction of sp³-hybridized carbons (Fsp3) is 0.0588. The van der Waals surface area contributed by atoms with Gasteiger partial charge in [-0.05, 0) is 29.8 Å². The molecule has 0 unspecified atom stereocenters. The molecule has 8 heteroatoms. The molecule has 0 spiro atoms. The van der Waals surface area contributed by atoms with E-state index in [1.807, 2.05) is 0 Å². The van der Waals surface area contributed by atoms with Gasteiger partial charge in [0.2, 0.25) is 0 Å². The Morgan fingerprint density at radius 2 is 1.96 bits per heavy atom. The summed E-state index contributed by atoms with van der Waals surface area (Å²) in [6.45, 7) is -0.0311. The molecule has 3 N–H and O–H groups in total. The van der Waals surface area contributed by atoms with Gasteiger partial charge in [-0.2, -0.15) is 0 Å². The monoisotopic (exact) mass is 346 g/mol. The van der Waals surface area contributed by atoms with E-state index in [1.54, 1.807) is 12.3 Å². The number of amides is 1. The Hall–Kier alpha value is -3.29. The molecule has 0 aliphatic heterocycles. The summed E-state index contributed by atoms with van der Waals surface area (Å²) in [5.74, 6) is -3.34. The molecule has 0 saturated carbocycles. The molecule has 1 amide bonds. The zero-order valence-electron chi connectivity index (χ0n) is 12.8. The van der Waals surface area contributed by atoms with Crippen LogP contribution in [0.4, 0.5) is 18.9 Å². The van der Waals surface area contributed by atoms with Crippen LogP contribution >= 0.6 is 0 Å². The number of halogens is 3. The van der Waals surface area contributed by atoms with Crippen LogP contribution in [0.1, 0.15) is 15.9 Å². The van der Waals surface area contributed by atoms with E-state index in [1.165, 1.54) is 29.2 Å². The second-order valence-corrected chi connectivity index (χ2v) is 5.26. The van der Waals surface area contributed by atoms with Crippen molar-refractivity contribution in [3.05, 3.63) is 77.6 Å². The van der Waals surface area contributed by atoms with Crippen molar-refractivity contribution in [2.24, 2.45) is 0 Å². The Balaban J connectivity index is 1.73. The number of nitrogens with two attached hydrogens (primary N) is 1. The molecule has 25 heavy (non-hydrogen) atoms. The first-order valence-corrected chi connectivity index (χ1v) is 7.26. The highest BCUT2D eigenvalue weighted by Crippen LogP contribution is 2.19. The smallest absolute Gasteiger partial charge is 0.254 e. The van der Waals surface area contributed by atoms with Crippen LogP contribution < -0.4 is 11.1 Å². The Morgan fingerprint density at radius 3 is 2.64 bits per heavy atom. The summed E-state index contributed by atoms with van der Waals surface area (Å²) >= 11 is 0. The van der Waals surface area contributed by atoms with Crippen LogP contribution in [0.25, 0.3) is 5.69 Å². The summed E-state index contributed by atoms with van der Waals surface area (Å²) in [6.07, 6.45) is 4.58. The van der Waals surface area contributed by atoms with E-state index in [2.05, 4.69) is 10.3 Å². The lowest BCUT2D eigenvalue weighted by molar-refractivity contribution is 0.0947. The van der Waals surface area contributed by atoms with Crippen molar-refractivity contribution in [2.75, 3.05) is 5.73 Å². The van der Waals surface area contributed by atoms with Crippen LogP contribution in [0.5, 0.6) is 0 Å². The topological polar surface area (TPSA) is 72.9 Å². The first-order valence-electron chi connectivity index (χ1n) is 7.26. The van der Waals surface area contributed by atoms with Gasteiger partial charge in [-0.25, -0.2) is 18.2 Å². The lowest BCUT2D eigenvalue weighted by Crippen LogP contribution is -2.24. The molecule has 0 aliphatic carbocycles. The maximum absolute atomic E-state index is 14.1. The lowest BCUT2D eigenvalue weighted by Gasteiger charge is -2.10. The molecule has 3 rings (SSSR count). The van der Waals surface area contributed by atoms with Crippen molar-refractivity contribution >= 4 is 11.6 Å². The molecule has 0 bridgehead atoms. The molecule has 1 heterocycles. The van der Waals surface area contributed by atoms with Crippen LogP contribution in [0, 0.1) is 17.5 Å². The fourth-order valence-corrected chi connectivity index (χ4v) is 2.29. The van der Waals surface area contributed by atoms with Gasteiger partial charge < -0.3 is 15.6 Å². The van der Waals surface area contributed by atoms with E-state index in [9.17, 15) is 18.0 Å². The van der Waals surface area contributed by atoms with E-state index < -0.39 is 29.0 Å². The Bertz CT molecular complexity index is 926. The maximum atomic E-state index is 14.1. The highest BCUT2D eigenvalue weighted by atomic mass is 19.1. The van der Waals surface area contributed by atoms with Crippen LogP contribution in [-0.4, -0.2) is 15.5 Å². The minimum Gasteiger partial charge on any atom is -0.394 e. The Labute approximate surface area is 140 Å². The molecule has 0 atom stereocenters. The predicted octanol–water partition coefficient (Wildman–Crippen LogP) is 2.80. The number of rotatable bonds is 4. The fourth-order valence-electron chi connectivity index (χ4n) is 2.29. The van der Waals surface area contributed by atoms with Gasteiger partial charge in [0.1, 0.15) is 17.3 Å². The molecule has 0 saturated heterocycles. The second kappa shape index (κ2) is 6.68. The van der Waals surface area contributed by atoms with Crippen molar-refractivity contribution in [3.63, 3.8) is 0 Å². The summed E-state index contributed by atoms with van der Waals surface area (Å²) in [5, 5.41) is 2.44. The molecule has 3 aromatic rings. The zero-order chi connectivity index (χ0) is 18.0. The van der Waals surface area contributed by atoms with Crippen LogP contribution in [-0.2, 0) is 6.54 Å². The van der Waals surface area contributed by atoms with Gasteiger partial charge in [0.15, 0.2) is 5.82 Å². The normalized spacial score (nSPS) is 10.7. The third-order valence-corrected chi connectivity index (χ3v) is 3.62. The second-order valence-electron chi connectivity index (χ2n) is 5.26.